The van der Waals surface area contributed by atoms with Crippen LogP contribution < -0.4 is 68.9 Å². The Morgan fingerprint density at radius 3 is 1.33 bits per heavy atom. The third-order valence-corrected chi connectivity index (χ3v) is 0. The second-order valence-corrected chi connectivity index (χ2v) is 0.512. The Bertz CT molecular complexity index is 33.9. The molecule has 0 aromatic carbocycles. The molecule has 2 N–H and O–H groups in total. The Hall–Kier alpha value is 2.21. The van der Waals surface area contributed by atoms with Crippen molar-refractivity contribution in [3.63, 3.8) is 0 Å². The second kappa shape index (κ2) is 48.9. The normalized spacial score (nSPS) is 5.56. The number of hydrogen-bond acceptors (Lipinski definition) is 4. The van der Waals surface area contributed by atoms with E-state index in [1.165, 1.54) is 0 Å². The van der Waals surface area contributed by atoms with Gasteiger partial charge in [0.15, 0.2) is 0 Å². The van der Waals surface area contributed by atoms with Crippen molar-refractivity contribution in [3.8, 4) is 0 Å². The summed E-state index contributed by atoms with van der Waals surface area (Å²) in [6, 6.07) is 0. The van der Waals surface area contributed by atoms with E-state index in [2.05, 4.69) is 0 Å². The molecule has 0 aromatic rings. The van der Waals surface area contributed by atoms with Gasteiger partial charge in [-0.05, 0) is 8.69 Å². The van der Waals surface area contributed by atoms with Crippen molar-refractivity contribution in [2.45, 2.75) is 0 Å². The first-order valence-corrected chi connectivity index (χ1v) is 2.51. The fraction of sp³-hybridized carbons (Fsp3) is 0. The Morgan fingerprint density at radius 2 is 1.33 bits per heavy atom. The van der Waals surface area contributed by atoms with Crippen LogP contribution in [0.2, 0.25) is 0 Å². The minimum Gasteiger partial charge on any atom is -0.804 e. The van der Waals surface area contributed by atoms with E-state index in [4.69, 9.17) is 18.9 Å². The van der Waals surface area contributed by atoms with Gasteiger partial charge in [-0.2, -0.15) is 0 Å². The molecule has 46 valence electrons. The van der Waals surface area contributed by atoms with E-state index in [0.29, 0.717) is 0 Å². The van der Waals surface area contributed by atoms with Crippen molar-refractivity contribution in [3.05, 3.63) is 0 Å². The Labute approximate surface area is 99.7 Å². The van der Waals surface area contributed by atoms with E-state index in [-0.39, 0.29) is 64.6 Å². The van der Waals surface area contributed by atoms with E-state index in [1.807, 2.05) is 0 Å². The van der Waals surface area contributed by atoms with Gasteiger partial charge in [-0.3, -0.25) is 4.57 Å². The molecule has 0 aromatic heterocycles. The van der Waals surface area contributed by atoms with Gasteiger partial charge in [0, 0.05) is 0 Å². The minimum absolute atomic E-state index is 0. The molecule has 1 atom stereocenters. The summed E-state index contributed by atoms with van der Waals surface area (Å²) in [7, 11) is -2.83. The van der Waals surface area contributed by atoms with Crippen LogP contribution in [0.3, 0.4) is 0 Å². The van der Waals surface area contributed by atoms with Gasteiger partial charge in [0.05, 0.1) is 8.69 Å². The van der Waals surface area contributed by atoms with E-state index >= 15 is 0 Å². The number of rotatable bonds is 0. The summed E-state index contributed by atoms with van der Waals surface area (Å²) < 4.78 is 16.8. The summed E-state index contributed by atoms with van der Waals surface area (Å²) in [5, 5.41) is 0. The summed E-state index contributed by atoms with van der Waals surface area (Å²) in [5.41, 5.74) is 0. The largest absolute Gasteiger partial charge is 1.00 e. The standard InChI is InChI=1S/2Na.H3O2P.HO2P.H2O/c;;2*1-3-2;/h;;3H2,(H,1,2);(H,1,2);1H2/q2*+1;;;/p-2. The van der Waals surface area contributed by atoms with Crippen LogP contribution in [0, 0.1) is 0 Å². The molecule has 0 aliphatic carbocycles. The molecular formula is H4Na2O5P2. The van der Waals surface area contributed by atoms with Crippen LogP contribution >= 0.6 is 17.4 Å². The average molecular weight is 192 g/mol. The average Bonchev–Trinajstić information content (AvgIpc) is 1.39. The van der Waals surface area contributed by atoms with Gasteiger partial charge in [0.2, 0.25) is 0 Å². The third-order valence-electron chi connectivity index (χ3n) is 0. The fourth-order valence-electron chi connectivity index (χ4n) is 0. The van der Waals surface area contributed by atoms with Gasteiger partial charge in [-0.15, -0.1) is 0 Å². The molecule has 9 heavy (non-hydrogen) atoms. The van der Waals surface area contributed by atoms with Crippen LogP contribution in [0.5, 0.6) is 0 Å². The molecule has 0 spiro atoms. The zero-order valence-corrected chi connectivity index (χ0v) is 11.2. The number of hydrogen-bond donors (Lipinski definition) is 0. The summed E-state index contributed by atoms with van der Waals surface area (Å²) in [5.74, 6) is 0. The zero-order chi connectivity index (χ0) is 5.41. The van der Waals surface area contributed by atoms with E-state index in [1.54, 1.807) is 0 Å². The molecule has 0 saturated heterocycles. The smallest absolute Gasteiger partial charge is 0.804 e. The Morgan fingerprint density at radius 1 is 1.33 bits per heavy atom. The van der Waals surface area contributed by atoms with Crippen LogP contribution in [0.15, 0.2) is 0 Å². The molecule has 0 aliphatic rings. The molecular weight excluding hydrogens is 188 g/mol. The molecule has 0 saturated carbocycles. The molecule has 9 heteroatoms. The zero-order valence-electron chi connectivity index (χ0n) is 5.16. The molecule has 0 rings (SSSR count). The van der Waals surface area contributed by atoms with Crippen molar-refractivity contribution in [1.82, 2.24) is 0 Å². The first-order chi connectivity index (χ1) is 2.83. The Balaban J connectivity index is -0.00000000889. The van der Waals surface area contributed by atoms with E-state index < -0.39 is 17.4 Å². The molecule has 0 radical (unpaired) electrons. The minimum atomic E-state index is -1.75. The summed E-state index contributed by atoms with van der Waals surface area (Å²) >= 11 is 0. The molecule has 0 heterocycles. The maximum Gasteiger partial charge on any atom is 1.00 e. The third kappa shape index (κ3) is 141. The van der Waals surface area contributed by atoms with Gasteiger partial charge >= 0.3 is 59.1 Å². The van der Waals surface area contributed by atoms with Crippen LogP contribution in [0.25, 0.3) is 0 Å². The molecule has 0 bridgehead atoms. The van der Waals surface area contributed by atoms with Crippen LogP contribution in [0.4, 0.5) is 0 Å². The molecule has 5 nitrogen and oxygen atoms in total. The van der Waals surface area contributed by atoms with Gasteiger partial charge < -0.3 is 19.8 Å². The van der Waals surface area contributed by atoms with E-state index in [0.717, 1.165) is 0 Å². The van der Waals surface area contributed by atoms with Crippen LogP contribution in [-0.2, 0) is 9.13 Å². The van der Waals surface area contributed by atoms with E-state index in [9.17, 15) is 0 Å². The monoisotopic (exact) mass is 192 g/mol. The van der Waals surface area contributed by atoms with Crippen molar-refractivity contribution in [2.75, 3.05) is 0 Å². The topological polar surface area (TPSA) is 112 Å². The molecule has 0 aliphatic heterocycles. The van der Waals surface area contributed by atoms with Crippen molar-refractivity contribution < 1.29 is 83.5 Å². The fourth-order valence-corrected chi connectivity index (χ4v) is 0. The summed E-state index contributed by atoms with van der Waals surface area (Å²) in [6.07, 6.45) is 0. The predicted molar refractivity (Wildman–Crippen MR) is 21.6 cm³/mol. The SMILES string of the molecule is O.O=P[O-].O=[PH2][O-].[Na+].[Na+]. The second-order valence-electron chi connectivity index (χ2n) is 0.171. The quantitative estimate of drug-likeness (QED) is 0.280. The summed E-state index contributed by atoms with van der Waals surface area (Å²) in [4.78, 5) is 16.8. The van der Waals surface area contributed by atoms with Gasteiger partial charge in [0.1, 0.15) is 0 Å². The van der Waals surface area contributed by atoms with Gasteiger partial charge in [-0.25, -0.2) is 0 Å². The van der Waals surface area contributed by atoms with Crippen molar-refractivity contribution >= 4 is 17.4 Å². The maximum atomic E-state index is 8.46. The predicted octanol–water partition coefficient (Wildman–Crippen LogP) is -8.25. The van der Waals surface area contributed by atoms with Crippen molar-refractivity contribution in [1.29, 1.82) is 0 Å². The Kier molecular flexibility index (Phi) is 165. The van der Waals surface area contributed by atoms with Crippen LogP contribution in [-0.4, -0.2) is 5.48 Å². The first kappa shape index (κ1) is 30.3. The first-order valence-electron chi connectivity index (χ1n) is 0.837. The summed E-state index contributed by atoms with van der Waals surface area (Å²) in [6.45, 7) is 0. The molecule has 1 unspecified atom stereocenters. The maximum absolute atomic E-state index is 8.46. The molecule has 0 amide bonds. The van der Waals surface area contributed by atoms with Crippen molar-refractivity contribution in [2.24, 2.45) is 0 Å². The van der Waals surface area contributed by atoms with Gasteiger partial charge in [-0.1, -0.05) is 0 Å². The van der Waals surface area contributed by atoms with Crippen LogP contribution in [0.1, 0.15) is 0 Å². The van der Waals surface area contributed by atoms with Gasteiger partial charge in [0.25, 0.3) is 0 Å². The molecule has 0 fully saturated rings.